The zero-order valence-corrected chi connectivity index (χ0v) is 10.8. The third-order valence-electron chi connectivity index (χ3n) is 3.33. The van der Waals surface area contributed by atoms with E-state index in [1.807, 2.05) is 23.1 Å². The summed E-state index contributed by atoms with van der Waals surface area (Å²) in [6.07, 6.45) is 2.41. The molecule has 2 rings (SSSR count). The van der Waals surface area contributed by atoms with Gasteiger partial charge in [-0.05, 0) is 30.9 Å². The van der Waals surface area contributed by atoms with Crippen LogP contribution in [0.4, 0.5) is 5.69 Å². The minimum Gasteiger partial charge on any atom is -0.385 e. The average molecular weight is 248 g/mol. The number of methoxy groups -OCH3 is 1. The molecule has 98 valence electrons. The first-order valence-electron chi connectivity index (χ1n) is 6.38. The van der Waals surface area contributed by atoms with Crippen molar-refractivity contribution in [2.75, 3.05) is 25.2 Å². The lowest BCUT2D eigenvalue weighted by Gasteiger charge is -2.21. The molecular formula is C14H20N2O2. The van der Waals surface area contributed by atoms with Crippen molar-refractivity contribution in [1.82, 2.24) is 0 Å². The van der Waals surface area contributed by atoms with E-state index in [1.165, 1.54) is 5.56 Å². The SMILES string of the molecule is COCCCC(N)C(=O)N1CCc2ccccc21. The molecule has 18 heavy (non-hydrogen) atoms. The molecule has 1 unspecified atom stereocenters. The van der Waals surface area contributed by atoms with Crippen LogP contribution in [0, 0.1) is 0 Å². The van der Waals surface area contributed by atoms with Gasteiger partial charge in [-0.25, -0.2) is 0 Å². The van der Waals surface area contributed by atoms with Gasteiger partial charge in [0.25, 0.3) is 0 Å². The molecule has 0 aliphatic carbocycles. The van der Waals surface area contributed by atoms with Crippen LogP contribution in [0.3, 0.4) is 0 Å². The Bertz CT molecular complexity index is 420. The Morgan fingerprint density at radius 1 is 1.50 bits per heavy atom. The topological polar surface area (TPSA) is 55.6 Å². The highest BCUT2D eigenvalue weighted by atomic mass is 16.5. The summed E-state index contributed by atoms with van der Waals surface area (Å²) in [7, 11) is 1.66. The highest BCUT2D eigenvalue weighted by Gasteiger charge is 2.27. The first-order chi connectivity index (χ1) is 8.74. The number of amides is 1. The predicted octanol–water partition coefficient (Wildman–Crippen LogP) is 1.33. The predicted molar refractivity (Wildman–Crippen MR) is 71.6 cm³/mol. The summed E-state index contributed by atoms with van der Waals surface area (Å²) in [5, 5.41) is 0. The van der Waals surface area contributed by atoms with Crippen LogP contribution in [-0.4, -0.2) is 32.2 Å². The molecular weight excluding hydrogens is 228 g/mol. The molecule has 0 aromatic heterocycles. The minimum atomic E-state index is -0.425. The summed E-state index contributed by atoms with van der Waals surface area (Å²) in [4.78, 5) is 14.1. The normalized spacial score (nSPS) is 15.6. The van der Waals surface area contributed by atoms with Gasteiger partial charge in [-0.1, -0.05) is 18.2 Å². The average Bonchev–Trinajstić information content (AvgIpc) is 2.82. The Labute approximate surface area is 108 Å². The monoisotopic (exact) mass is 248 g/mol. The van der Waals surface area contributed by atoms with Gasteiger partial charge in [0.05, 0.1) is 6.04 Å². The number of ether oxygens (including phenoxy) is 1. The molecule has 0 bridgehead atoms. The Balaban J connectivity index is 1.98. The minimum absolute atomic E-state index is 0.0241. The number of nitrogens with zero attached hydrogens (tertiary/aromatic N) is 1. The lowest BCUT2D eigenvalue weighted by Crippen LogP contribution is -2.43. The van der Waals surface area contributed by atoms with Crippen molar-refractivity contribution in [3.63, 3.8) is 0 Å². The van der Waals surface area contributed by atoms with Crippen LogP contribution in [0.25, 0.3) is 0 Å². The molecule has 1 aliphatic heterocycles. The van der Waals surface area contributed by atoms with E-state index < -0.39 is 6.04 Å². The molecule has 1 heterocycles. The number of carbonyl (C=O) groups is 1. The van der Waals surface area contributed by atoms with Crippen molar-refractivity contribution < 1.29 is 9.53 Å². The first-order valence-corrected chi connectivity index (χ1v) is 6.38. The van der Waals surface area contributed by atoms with Crippen molar-refractivity contribution in [2.45, 2.75) is 25.3 Å². The number of para-hydroxylation sites is 1. The summed E-state index contributed by atoms with van der Waals surface area (Å²) in [6, 6.07) is 7.60. The van der Waals surface area contributed by atoms with Crippen molar-refractivity contribution in [3.8, 4) is 0 Å². The van der Waals surface area contributed by atoms with Crippen molar-refractivity contribution in [2.24, 2.45) is 5.73 Å². The van der Waals surface area contributed by atoms with Gasteiger partial charge < -0.3 is 15.4 Å². The molecule has 0 saturated carbocycles. The summed E-state index contributed by atoms with van der Waals surface area (Å²) in [5.41, 5.74) is 8.20. The second kappa shape index (κ2) is 5.98. The molecule has 4 heteroatoms. The van der Waals surface area contributed by atoms with Crippen molar-refractivity contribution >= 4 is 11.6 Å². The Morgan fingerprint density at radius 3 is 3.06 bits per heavy atom. The van der Waals surface area contributed by atoms with Gasteiger partial charge >= 0.3 is 0 Å². The summed E-state index contributed by atoms with van der Waals surface area (Å²) < 4.78 is 4.97. The van der Waals surface area contributed by atoms with Crippen LogP contribution >= 0.6 is 0 Å². The van der Waals surface area contributed by atoms with E-state index in [-0.39, 0.29) is 5.91 Å². The molecule has 2 N–H and O–H groups in total. The van der Waals surface area contributed by atoms with Crippen LogP contribution in [0.5, 0.6) is 0 Å². The largest absolute Gasteiger partial charge is 0.385 e. The lowest BCUT2D eigenvalue weighted by atomic mass is 10.1. The van der Waals surface area contributed by atoms with E-state index in [4.69, 9.17) is 10.5 Å². The van der Waals surface area contributed by atoms with Crippen LogP contribution < -0.4 is 10.6 Å². The second-order valence-corrected chi connectivity index (χ2v) is 4.61. The molecule has 0 spiro atoms. The number of rotatable bonds is 5. The fourth-order valence-electron chi connectivity index (χ4n) is 2.34. The van der Waals surface area contributed by atoms with Gasteiger partial charge in [-0.15, -0.1) is 0 Å². The summed E-state index contributed by atoms with van der Waals surface area (Å²) in [5.74, 6) is 0.0241. The number of carbonyl (C=O) groups excluding carboxylic acids is 1. The fraction of sp³-hybridized carbons (Fsp3) is 0.500. The van der Waals surface area contributed by atoms with Crippen molar-refractivity contribution in [3.05, 3.63) is 29.8 Å². The third-order valence-corrected chi connectivity index (χ3v) is 3.33. The van der Waals surface area contributed by atoms with E-state index in [2.05, 4.69) is 6.07 Å². The molecule has 1 atom stereocenters. The van der Waals surface area contributed by atoms with Crippen LogP contribution in [0.1, 0.15) is 18.4 Å². The molecule has 0 saturated heterocycles. The zero-order valence-electron chi connectivity index (χ0n) is 10.8. The van der Waals surface area contributed by atoms with E-state index in [0.717, 1.165) is 25.1 Å². The fourth-order valence-corrected chi connectivity index (χ4v) is 2.34. The van der Waals surface area contributed by atoms with Crippen LogP contribution in [-0.2, 0) is 16.0 Å². The number of fused-ring (bicyclic) bond motifs is 1. The number of hydrogen-bond acceptors (Lipinski definition) is 3. The maximum atomic E-state index is 12.3. The van der Waals surface area contributed by atoms with E-state index in [1.54, 1.807) is 7.11 Å². The second-order valence-electron chi connectivity index (χ2n) is 4.61. The zero-order chi connectivity index (χ0) is 13.0. The standard InChI is InChI=1S/C14H20N2O2/c1-18-10-4-6-12(15)14(17)16-9-8-11-5-2-3-7-13(11)16/h2-3,5,7,12H,4,6,8-10,15H2,1H3. The summed E-state index contributed by atoms with van der Waals surface area (Å²) >= 11 is 0. The van der Waals surface area contributed by atoms with Gasteiger partial charge in [-0.2, -0.15) is 0 Å². The van der Waals surface area contributed by atoms with Crippen molar-refractivity contribution in [1.29, 1.82) is 0 Å². The number of hydrogen-bond donors (Lipinski definition) is 1. The van der Waals surface area contributed by atoms with E-state index in [9.17, 15) is 4.79 Å². The highest BCUT2D eigenvalue weighted by Crippen LogP contribution is 2.27. The van der Waals surface area contributed by atoms with Gasteiger partial charge in [0.15, 0.2) is 0 Å². The van der Waals surface area contributed by atoms with Gasteiger partial charge in [-0.3, -0.25) is 4.79 Å². The molecule has 0 fully saturated rings. The Kier molecular flexibility index (Phi) is 4.33. The van der Waals surface area contributed by atoms with E-state index >= 15 is 0 Å². The molecule has 1 aromatic carbocycles. The summed E-state index contributed by atoms with van der Waals surface area (Å²) in [6.45, 7) is 1.40. The van der Waals surface area contributed by atoms with Crippen LogP contribution in [0.15, 0.2) is 24.3 Å². The maximum Gasteiger partial charge on any atom is 0.243 e. The Morgan fingerprint density at radius 2 is 2.28 bits per heavy atom. The lowest BCUT2D eigenvalue weighted by molar-refractivity contribution is -0.119. The van der Waals surface area contributed by atoms with Gasteiger partial charge in [0.1, 0.15) is 0 Å². The molecule has 1 aliphatic rings. The number of anilines is 1. The molecule has 1 aromatic rings. The highest BCUT2D eigenvalue weighted by molar-refractivity contribution is 5.98. The van der Waals surface area contributed by atoms with E-state index in [0.29, 0.717) is 13.0 Å². The molecule has 1 amide bonds. The molecule has 0 radical (unpaired) electrons. The number of benzene rings is 1. The maximum absolute atomic E-state index is 12.3. The smallest absolute Gasteiger partial charge is 0.243 e. The quantitative estimate of drug-likeness (QED) is 0.800. The van der Waals surface area contributed by atoms with Crippen LogP contribution in [0.2, 0.25) is 0 Å². The van der Waals surface area contributed by atoms with Gasteiger partial charge in [0.2, 0.25) is 5.91 Å². The van der Waals surface area contributed by atoms with Gasteiger partial charge in [0, 0.05) is 25.9 Å². The number of nitrogens with two attached hydrogens (primary N) is 1. The Hall–Kier alpha value is -1.39. The third kappa shape index (κ3) is 2.71. The first kappa shape index (κ1) is 13.1. The molecule has 4 nitrogen and oxygen atoms in total.